The Labute approximate surface area is 137 Å². The summed E-state index contributed by atoms with van der Waals surface area (Å²) >= 11 is 0. The maximum Gasteiger partial charge on any atom is 0.229 e. The number of hydrogen-bond donors (Lipinski definition) is 3. The second-order valence-corrected chi connectivity index (χ2v) is 6.20. The largest absolute Gasteiger partial charge is 0.393 e. The van der Waals surface area contributed by atoms with Crippen LogP contribution >= 0.6 is 0 Å². The third-order valence-electron chi connectivity index (χ3n) is 4.36. The van der Waals surface area contributed by atoms with Crippen molar-refractivity contribution in [3.63, 3.8) is 0 Å². The van der Waals surface area contributed by atoms with Crippen LogP contribution in [-0.4, -0.2) is 59.6 Å². The molecule has 2 rings (SSSR count). The van der Waals surface area contributed by atoms with Crippen molar-refractivity contribution >= 4 is 17.8 Å². The number of hydrogen-bond acceptors (Lipinski definition) is 4. The number of aliphatic hydroxyl groups is 1. The zero-order valence-electron chi connectivity index (χ0n) is 13.9. The Bertz CT molecular complexity index is 429. The topological polar surface area (TPSA) is 94.0 Å². The lowest BCUT2D eigenvalue weighted by molar-refractivity contribution is -0.147. The second kappa shape index (κ2) is 8.86. The lowest BCUT2D eigenvalue weighted by atomic mass is 9.93. The molecule has 23 heavy (non-hydrogen) atoms. The van der Waals surface area contributed by atoms with Crippen molar-refractivity contribution in [1.82, 2.24) is 15.5 Å². The van der Waals surface area contributed by atoms with E-state index in [9.17, 15) is 14.7 Å². The molecule has 1 saturated heterocycles. The number of amides is 2. The van der Waals surface area contributed by atoms with Gasteiger partial charge in [-0.1, -0.05) is 0 Å². The van der Waals surface area contributed by atoms with E-state index in [0.717, 1.165) is 32.2 Å². The van der Waals surface area contributed by atoms with E-state index in [1.807, 2.05) is 6.92 Å². The summed E-state index contributed by atoms with van der Waals surface area (Å²) in [5.74, 6) is 0.539. The molecular formula is C16H28N4O3. The summed E-state index contributed by atoms with van der Waals surface area (Å²) in [7, 11) is 0. The van der Waals surface area contributed by atoms with Crippen molar-refractivity contribution in [2.45, 2.75) is 64.0 Å². The van der Waals surface area contributed by atoms with E-state index in [0.29, 0.717) is 44.4 Å². The summed E-state index contributed by atoms with van der Waals surface area (Å²) in [6.45, 7) is 3.50. The highest BCUT2D eigenvalue weighted by atomic mass is 16.3. The van der Waals surface area contributed by atoms with Gasteiger partial charge in [-0.2, -0.15) is 0 Å². The van der Waals surface area contributed by atoms with Gasteiger partial charge in [-0.05, 0) is 39.0 Å². The average molecular weight is 324 g/mol. The van der Waals surface area contributed by atoms with E-state index >= 15 is 0 Å². The lowest BCUT2D eigenvalue weighted by Crippen LogP contribution is -2.46. The molecular weight excluding hydrogens is 296 g/mol. The first-order valence-electron chi connectivity index (χ1n) is 8.66. The normalized spacial score (nSPS) is 26.3. The number of piperidine rings is 1. The Hall–Kier alpha value is -1.63. The number of carbonyl (C=O) groups is 2. The van der Waals surface area contributed by atoms with Crippen molar-refractivity contribution in [3.8, 4) is 0 Å². The molecule has 0 aromatic carbocycles. The van der Waals surface area contributed by atoms with Crippen LogP contribution in [0.25, 0.3) is 0 Å². The second-order valence-electron chi connectivity index (χ2n) is 6.20. The molecule has 2 aliphatic rings. The third-order valence-corrected chi connectivity index (χ3v) is 4.36. The highest BCUT2D eigenvalue weighted by molar-refractivity contribution is 5.97. The number of aliphatic hydroxyl groups excluding tert-OH is 1. The van der Waals surface area contributed by atoms with Crippen LogP contribution in [0.15, 0.2) is 4.99 Å². The van der Waals surface area contributed by atoms with Crippen molar-refractivity contribution in [2.24, 2.45) is 4.99 Å². The number of imide groups is 1. The zero-order valence-corrected chi connectivity index (χ0v) is 13.9. The number of carbonyl (C=O) groups excluding carboxylic acids is 2. The average Bonchev–Trinajstić information content (AvgIpc) is 2.52. The number of aliphatic imine (C=N–C) groups is 1. The summed E-state index contributed by atoms with van der Waals surface area (Å²) in [6, 6.07) is 0.314. The third kappa shape index (κ3) is 5.49. The van der Waals surface area contributed by atoms with Crippen LogP contribution < -0.4 is 10.6 Å². The number of likely N-dealkylation sites (tertiary alicyclic amines) is 1. The molecule has 1 saturated carbocycles. The fourth-order valence-electron chi connectivity index (χ4n) is 3.04. The Morgan fingerprint density at radius 2 is 1.87 bits per heavy atom. The van der Waals surface area contributed by atoms with Gasteiger partial charge in [0.1, 0.15) is 0 Å². The fourth-order valence-corrected chi connectivity index (χ4v) is 3.04. The predicted molar refractivity (Wildman–Crippen MR) is 87.9 cm³/mol. The standard InChI is InChI=1S/C16H28N4O3/c1-2-17-16(19-12-6-8-13(21)9-7-12)18-10-11-20-14(22)4-3-5-15(20)23/h12-13,21H,2-11H2,1H3,(H2,17,18,19). The van der Waals surface area contributed by atoms with Crippen LogP contribution in [0.2, 0.25) is 0 Å². The molecule has 0 radical (unpaired) electrons. The van der Waals surface area contributed by atoms with Crippen molar-refractivity contribution in [1.29, 1.82) is 0 Å². The molecule has 0 aromatic heterocycles. The predicted octanol–water partition coefficient (Wildman–Crippen LogP) is 0.384. The summed E-state index contributed by atoms with van der Waals surface area (Å²) in [4.78, 5) is 29.3. The Morgan fingerprint density at radius 1 is 1.22 bits per heavy atom. The van der Waals surface area contributed by atoms with Gasteiger partial charge in [0.15, 0.2) is 5.96 Å². The first-order chi connectivity index (χ1) is 11.1. The van der Waals surface area contributed by atoms with Crippen LogP contribution in [0.3, 0.4) is 0 Å². The molecule has 1 aliphatic carbocycles. The van der Waals surface area contributed by atoms with Crippen LogP contribution in [0, 0.1) is 0 Å². The minimum Gasteiger partial charge on any atom is -0.393 e. The molecule has 130 valence electrons. The zero-order chi connectivity index (χ0) is 16.7. The number of rotatable bonds is 5. The van der Waals surface area contributed by atoms with E-state index in [1.165, 1.54) is 4.90 Å². The molecule has 0 bridgehead atoms. The molecule has 1 heterocycles. The Balaban J connectivity index is 1.83. The van der Waals surface area contributed by atoms with Gasteiger partial charge in [0.05, 0.1) is 12.6 Å². The van der Waals surface area contributed by atoms with Crippen molar-refractivity contribution in [2.75, 3.05) is 19.6 Å². The maximum absolute atomic E-state index is 11.8. The molecule has 0 unspecified atom stereocenters. The van der Waals surface area contributed by atoms with Crippen LogP contribution in [-0.2, 0) is 9.59 Å². The summed E-state index contributed by atoms with van der Waals surface area (Å²) in [6.07, 6.45) is 4.88. The highest BCUT2D eigenvalue weighted by Crippen LogP contribution is 2.18. The van der Waals surface area contributed by atoms with Crippen molar-refractivity contribution < 1.29 is 14.7 Å². The number of nitrogens with one attached hydrogen (secondary N) is 2. The van der Waals surface area contributed by atoms with Gasteiger partial charge in [0.2, 0.25) is 11.8 Å². The van der Waals surface area contributed by atoms with Gasteiger partial charge in [-0.25, -0.2) is 0 Å². The van der Waals surface area contributed by atoms with E-state index in [1.54, 1.807) is 0 Å². The molecule has 3 N–H and O–H groups in total. The SMILES string of the molecule is CCNC(=NCCN1C(=O)CCCC1=O)NC1CCC(O)CC1. The van der Waals surface area contributed by atoms with Gasteiger partial charge < -0.3 is 15.7 Å². The maximum atomic E-state index is 11.8. The van der Waals surface area contributed by atoms with E-state index < -0.39 is 0 Å². The molecule has 7 heteroatoms. The monoisotopic (exact) mass is 324 g/mol. The minimum atomic E-state index is -0.177. The summed E-state index contributed by atoms with van der Waals surface area (Å²) in [5.41, 5.74) is 0. The molecule has 0 aromatic rings. The van der Waals surface area contributed by atoms with E-state index in [2.05, 4.69) is 15.6 Å². The smallest absolute Gasteiger partial charge is 0.229 e. The molecule has 7 nitrogen and oxygen atoms in total. The number of guanidine groups is 1. The molecule has 0 spiro atoms. The highest BCUT2D eigenvalue weighted by Gasteiger charge is 2.25. The van der Waals surface area contributed by atoms with Crippen molar-refractivity contribution in [3.05, 3.63) is 0 Å². The van der Waals surface area contributed by atoms with Gasteiger partial charge in [0.25, 0.3) is 0 Å². The van der Waals surface area contributed by atoms with Gasteiger partial charge in [-0.15, -0.1) is 0 Å². The molecule has 2 fully saturated rings. The first kappa shape index (κ1) is 17.7. The first-order valence-corrected chi connectivity index (χ1v) is 8.66. The fraction of sp³-hybridized carbons (Fsp3) is 0.812. The van der Waals surface area contributed by atoms with Crippen LogP contribution in [0.1, 0.15) is 51.9 Å². The minimum absolute atomic E-state index is 0.0873. The Kier molecular flexibility index (Phi) is 6.83. The van der Waals surface area contributed by atoms with E-state index in [4.69, 9.17) is 0 Å². The summed E-state index contributed by atoms with van der Waals surface area (Å²) in [5, 5.41) is 16.1. The quantitative estimate of drug-likeness (QED) is 0.386. The van der Waals surface area contributed by atoms with Gasteiger partial charge in [0, 0.05) is 32.0 Å². The number of nitrogens with zero attached hydrogens (tertiary/aromatic N) is 2. The lowest BCUT2D eigenvalue weighted by Gasteiger charge is -2.28. The van der Waals surface area contributed by atoms with E-state index in [-0.39, 0.29) is 17.9 Å². The summed E-state index contributed by atoms with van der Waals surface area (Å²) < 4.78 is 0. The molecule has 2 amide bonds. The van der Waals surface area contributed by atoms with Crippen LogP contribution in [0.5, 0.6) is 0 Å². The molecule has 1 aliphatic heterocycles. The Morgan fingerprint density at radius 3 is 2.48 bits per heavy atom. The molecule has 0 atom stereocenters. The van der Waals surface area contributed by atoms with Gasteiger partial charge >= 0.3 is 0 Å². The van der Waals surface area contributed by atoms with Crippen LogP contribution in [0.4, 0.5) is 0 Å². The van der Waals surface area contributed by atoms with Gasteiger partial charge in [-0.3, -0.25) is 19.5 Å².